The molecule has 0 radical (unpaired) electrons. The molecular weight excluding hydrogens is 280 g/mol. The fourth-order valence-corrected chi connectivity index (χ4v) is 2.13. The number of halogens is 1. The van der Waals surface area contributed by atoms with E-state index in [1.807, 2.05) is 0 Å². The fourth-order valence-electron chi connectivity index (χ4n) is 1.95. The zero-order valence-corrected chi connectivity index (χ0v) is 11.8. The van der Waals surface area contributed by atoms with Crippen LogP contribution in [0.2, 0.25) is 5.02 Å². The van der Waals surface area contributed by atoms with E-state index in [-0.39, 0.29) is 6.61 Å². The van der Waals surface area contributed by atoms with E-state index in [0.717, 1.165) is 18.7 Å². The maximum Gasteiger partial charge on any atom is 0.264 e. The normalized spacial score (nSPS) is 16.1. The van der Waals surface area contributed by atoms with Crippen molar-refractivity contribution in [3.63, 3.8) is 0 Å². The van der Waals surface area contributed by atoms with Gasteiger partial charge in [-0.1, -0.05) is 16.8 Å². The van der Waals surface area contributed by atoms with Crippen molar-refractivity contribution in [2.24, 2.45) is 0 Å². The van der Waals surface area contributed by atoms with E-state index in [0.29, 0.717) is 28.1 Å². The van der Waals surface area contributed by atoms with Crippen LogP contribution in [0.25, 0.3) is 0 Å². The van der Waals surface area contributed by atoms with Crippen molar-refractivity contribution in [1.29, 1.82) is 0 Å². The zero-order valence-electron chi connectivity index (χ0n) is 11.0. The Hall–Kier alpha value is -1.59. The molecule has 0 amide bonds. The third-order valence-electron chi connectivity index (χ3n) is 3.20. The van der Waals surface area contributed by atoms with Crippen molar-refractivity contribution in [1.82, 2.24) is 10.1 Å². The standard InChI is InChI=1S/C14H15ClN2O3/c1-8(18)11-6-10(15)4-5-12(11)19-7-13-16-14(17-20-13)9-2-3-9/h4-6,8-9,18H,2-3,7H2,1H3/t8-/m1/s1. The Morgan fingerprint density at radius 2 is 2.30 bits per heavy atom. The lowest BCUT2D eigenvalue weighted by atomic mass is 10.1. The van der Waals surface area contributed by atoms with Crippen molar-refractivity contribution < 1.29 is 14.4 Å². The average Bonchev–Trinajstić information content (AvgIpc) is 3.17. The molecule has 0 unspecified atom stereocenters. The van der Waals surface area contributed by atoms with E-state index in [9.17, 15) is 5.11 Å². The molecule has 0 bridgehead atoms. The van der Waals surface area contributed by atoms with Crippen molar-refractivity contribution in [3.05, 3.63) is 40.5 Å². The number of aliphatic hydroxyl groups is 1. The summed E-state index contributed by atoms with van der Waals surface area (Å²) in [6.45, 7) is 1.84. The first kappa shape index (κ1) is 13.4. The molecule has 1 saturated carbocycles. The number of nitrogens with zero attached hydrogens (tertiary/aromatic N) is 2. The highest BCUT2D eigenvalue weighted by atomic mass is 35.5. The van der Waals surface area contributed by atoms with Gasteiger partial charge in [0.25, 0.3) is 5.89 Å². The lowest BCUT2D eigenvalue weighted by molar-refractivity contribution is 0.185. The predicted molar refractivity (Wildman–Crippen MR) is 72.7 cm³/mol. The van der Waals surface area contributed by atoms with Gasteiger partial charge in [-0.25, -0.2) is 0 Å². The van der Waals surface area contributed by atoms with Crippen molar-refractivity contribution >= 4 is 11.6 Å². The summed E-state index contributed by atoms with van der Waals surface area (Å²) in [4.78, 5) is 4.29. The topological polar surface area (TPSA) is 68.4 Å². The zero-order chi connectivity index (χ0) is 14.1. The molecule has 1 aromatic carbocycles. The van der Waals surface area contributed by atoms with Crippen LogP contribution < -0.4 is 4.74 Å². The van der Waals surface area contributed by atoms with Gasteiger partial charge in [0.15, 0.2) is 12.4 Å². The van der Waals surface area contributed by atoms with Crippen LogP contribution in [-0.2, 0) is 6.61 Å². The third-order valence-corrected chi connectivity index (χ3v) is 3.43. The van der Waals surface area contributed by atoms with E-state index in [1.54, 1.807) is 25.1 Å². The molecular formula is C14H15ClN2O3. The van der Waals surface area contributed by atoms with Crippen molar-refractivity contribution in [2.45, 2.75) is 38.4 Å². The Balaban J connectivity index is 1.70. The van der Waals surface area contributed by atoms with Crippen LogP contribution in [0, 0.1) is 0 Å². The summed E-state index contributed by atoms with van der Waals surface area (Å²) in [6.07, 6.45) is 1.60. The van der Waals surface area contributed by atoms with Gasteiger partial charge in [0.05, 0.1) is 6.10 Å². The monoisotopic (exact) mass is 294 g/mol. The number of rotatable bonds is 5. The molecule has 1 atom stereocenters. The minimum atomic E-state index is -0.659. The number of aliphatic hydroxyl groups excluding tert-OH is 1. The summed E-state index contributed by atoms with van der Waals surface area (Å²) in [5.41, 5.74) is 0.638. The lowest BCUT2D eigenvalue weighted by Crippen LogP contribution is -2.01. The van der Waals surface area contributed by atoms with Crippen LogP contribution in [0.4, 0.5) is 0 Å². The highest BCUT2D eigenvalue weighted by Crippen LogP contribution is 2.38. The Labute approximate surface area is 121 Å². The first-order valence-corrected chi connectivity index (χ1v) is 6.94. The summed E-state index contributed by atoms with van der Waals surface area (Å²) in [7, 11) is 0. The molecule has 3 rings (SSSR count). The second-order valence-electron chi connectivity index (χ2n) is 4.97. The molecule has 20 heavy (non-hydrogen) atoms. The van der Waals surface area contributed by atoms with Crippen molar-refractivity contribution in [2.75, 3.05) is 0 Å². The fraction of sp³-hybridized carbons (Fsp3) is 0.429. The minimum absolute atomic E-state index is 0.182. The molecule has 1 heterocycles. The Morgan fingerprint density at radius 3 is 3.00 bits per heavy atom. The summed E-state index contributed by atoms with van der Waals surface area (Å²) in [5, 5.41) is 14.2. The molecule has 2 aromatic rings. The van der Waals surface area contributed by atoms with E-state index in [1.165, 1.54) is 0 Å². The number of hydrogen-bond acceptors (Lipinski definition) is 5. The maximum atomic E-state index is 9.72. The Morgan fingerprint density at radius 1 is 1.50 bits per heavy atom. The SMILES string of the molecule is C[C@@H](O)c1cc(Cl)ccc1OCc1nc(C2CC2)no1. The van der Waals surface area contributed by atoms with Gasteiger partial charge in [0.1, 0.15) is 5.75 Å². The van der Waals surface area contributed by atoms with Gasteiger partial charge >= 0.3 is 0 Å². The molecule has 0 saturated heterocycles. The maximum absolute atomic E-state index is 9.72. The number of benzene rings is 1. The first-order chi connectivity index (χ1) is 9.63. The van der Waals surface area contributed by atoms with Gasteiger partial charge in [0, 0.05) is 16.5 Å². The summed E-state index contributed by atoms with van der Waals surface area (Å²) >= 11 is 5.92. The van der Waals surface area contributed by atoms with Gasteiger partial charge in [0.2, 0.25) is 0 Å². The Kier molecular flexibility index (Phi) is 3.63. The third kappa shape index (κ3) is 2.94. The van der Waals surface area contributed by atoms with Crippen LogP contribution in [0.3, 0.4) is 0 Å². The second-order valence-corrected chi connectivity index (χ2v) is 5.40. The predicted octanol–water partition coefficient (Wildman–Crippen LogP) is 3.23. The highest BCUT2D eigenvalue weighted by Gasteiger charge is 2.28. The highest BCUT2D eigenvalue weighted by molar-refractivity contribution is 6.30. The van der Waals surface area contributed by atoms with E-state index in [2.05, 4.69) is 10.1 Å². The van der Waals surface area contributed by atoms with Crippen LogP contribution in [-0.4, -0.2) is 15.2 Å². The molecule has 1 aromatic heterocycles. The molecule has 6 heteroatoms. The van der Waals surface area contributed by atoms with Gasteiger partial charge in [-0.2, -0.15) is 4.98 Å². The van der Waals surface area contributed by atoms with Crippen LogP contribution >= 0.6 is 11.6 Å². The first-order valence-electron chi connectivity index (χ1n) is 6.56. The summed E-state index contributed by atoms with van der Waals surface area (Å²) < 4.78 is 10.8. The van der Waals surface area contributed by atoms with Crippen molar-refractivity contribution in [3.8, 4) is 5.75 Å². The Bertz CT molecular complexity index is 608. The van der Waals surface area contributed by atoms with E-state index < -0.39 is 6.10 Å². The minimum Gasteiger partial charge on any atom is -0.483 e. The molecule has 0 spiro atoms. The molecule has 5 nitrogen and oxygen atoms in total. The number of ether oxygens (including phenoxy) is 1. The van der Waals surface area contributed by atoms with Crippen LogP contribution in [0.15, 0.2) is 22.7 Å². The van der Waals surface area contributed by atoms with E-state index >= 15 is 0 Å². The molecule has 106 valence electrons. The lowest BCUT2D eigenvalue weighted by Gasteiger charge is -2.12. The van der Waals surface area contributed by atoms with Crippen LogP contribution in [0.5, 0.6) is 5.75 Å². The van der Waals surface area contributed by atoms with Gasteiger partial charge in [-0.05, 0) is 38.0 Å². The molecule has 1 N–H and O–H groups in total. The van der Waals surface area contributed by atoms with Gasteiger partial charge in [-0.3, -0.25) is 0 Å². The number of aromatic nitrogens is 2. The second kappa shape index (κ2) is 5.42. The van der Waals surface area contributed by atoms with E-state index in [4.69, 9.17) is 20.9 Å². The molecule has 0 aliphatic heterocycles. The van der Waals surface area contributed by atoms with Crippen LogP contribution in [0.1, 0.15) is 49.1 Å². The summed E-state index contributed by atoms with van der Waals surface area (Å²) in [6, 6.07) is 5.12. The molecule has 1 aliphatic rings. The average molecular weight is 295 g/mol. The smallest absolute Gasteiger partial charge is 0.264 e. The quantitative estimate of drug-likeness (QED) is 0.917. The largest absolute Gasteiger partial charge is 0.483 e. The molecule has 1 aliphatic carbocycles. The number of hydrogen-bond donors (Lipinski definition) is 1. The summed E-state index contributed by atoms with van der Waals surface area (Å²) in [5.74, 6) is 2.22. The molecule has 1 fully saturated rings. The van der Waals surface area contributed by atoms with Gasteiger partial charge < -0.3 is 14.4 Å². The van der Waals surface area contributed by atoms with Gasteiger partial charge in [-0.15, -0.1) is 0 Å².